The van der Waals surface area contributed by atoms with E-state index in [0.717, 1.165) is 33.3 Å². The Labute approximate surface area is 294 Å². The van der Waals surface area contributed by atoms with E-state index in [-0.39, 0.29) is 5.41 Å². The summed E-state index contributed by atoms with van der Waals surface area (Å²) in [5, 5.41) is 9.63. The standard InChI is InChI=1S/C43H37BN4O2/c1-41(2)36-21-27(26-45)17-19-34(36)35-20-18-30(25-37(35)41)31-22-32(24-33(23-31)44-49-42(3,4)43(5,6)50-44)40-47-38(28-13-9-7-10-14-28)46-39(48-40)29-15-11-8-12-16-29/h7-25H,1-6H3. The van der Waals surface area contributed by atoms with Crippen molar-refractivity contribution < 1.29 is 9.31 Å². The van der Waals surface area contributed by atoms with Gasteiger partial charge in [-0.1, -0.05) is 105 Å². The van der Waals surface area contributed by atoms with Gasteiger partial charge in [0, 0.05) is 22.1 Å². The maximum absolute atomic E-state index is 9.63. The molecule has 50 heavy (non-hydrogen) atoms. The quantitative estimate of drug-likeness (QED) is 0.173. The molecule has 1 aliphatic heterocycles. The Bertz CT molecular complexity index is 2250. The van der Waals surface area contributed by atoms with Gasteiger partial charge in [-0.25, -0.2) is 15.0 Å². The van der Waals surface area contributed by atoms with Crippen LogP contribution in [0.25, 0.3) is 56.4 Å². The number of aromatic nitrogens is 3. The molecule has 0 N–H and O–H groups in total. The second-order valence-corrected chi connectivity index (χ2v) is 14.7. The lowest BCUT2D eigenvalue weighted by molar-refractivity contribution is 0.00578. The molecular formula is C43H37BN4O2. The Hall–Kier alpha value is -5.42. The molecule has 0 radical (unpaired) electrons. The number of hydrogen-bond donors (Lipinski definition) is 0. The number of rotatable bonds is 5. The second kappa shape index (κ2) is 11.6. The van der Waals surface area contributed by atoms with E-state index in [1.807, 2.05) is 72.8 Å². The maximum atomic E-state index is 9.63. The van der Waals surface area contributed by atoms with Crippen LogP contribution in [0, 0.1) is 11.3 Å². The van der Waals surface area contributed by atoms with Gasteiger partial charge in [-0.2, -0.15) is 5.26 Å². The van der Waals surface area contributed by atoms with E-state index < -0.39 is 18.3 Å². The van der Waals surface area contributed by atoms with Crippen molar-refractivity contribution in [1.82, 2.24) is 15.0 Å². The minimum Gasteiger partial charge on any atom is -0.399 e. The first-order valence-corrected chi connectivity index (χ1v) is 17.0. The van der Waals surface area contributed by atoms with Gasteiger partial charge in [0.05, 0.1) is 22.8 Å². The fourth-order valence-corrected chi connectivity index (χ4v) is 6.99. The fourth-order valence-electron chi connectivity index (χ4n) is 6.99. The van der Waals surface area contributed by atoms with Gasteiger partial charge in [0.15, 0.2) is 17.5 Å². The number of nitriles is 1. The molecular weight excluding hydrogens is 615 g/mol. The summed E-state index contributed by atoms with van der Waals surface area (Å²) in [6.45, 7) is 12.7. The summed E-state index contributed by atoms with van der Waals surface area (Å²) in [4.78, 5) is 15.0. The number of benzene rings is 5. The minimum absolute atomic E-state index is 0.275. The highest BCUT2D eigenvalue weighted by molar-refractivity contribution is 6.62. The predicted molar refractivity (Wildman–Crippen MR) is 200 cm³/mol. The zero-order valence-electron chi connectivity index (χ0n) is 29.2. The molecule has 244 valence electrons. The van der Waals surface area contributed by atoms with E-state index in [1.54, 1.807) is 0 Å². The summed E-state index contributed by atoms with van der Waals surface area (Å²) in [7, 11) is -0.581. The maximum Gasteiger partial charge on any atom is 0.494 e. The lowest BCUT2D eigenvalue weighted by Crippen LogP contribution is -2.41. The van der Waals surface area contributed by atoms with Crippen molar-refractivity contribution in [2.75, 3.05) is 0 Å². The summed E-state index contributed by atoms with van der Waals surface area (Å²) < 4.78 is 13.2. The fraction of sp³-hybridized carbons (Fsp3) is 0.209. The van der Waals surface area contributed by atoms with E-state index in [9.17, 15) is 5.26 Å². The third kappa shape index (κ3) is 5.33. The van der Waals surface area contributed by atoms with Crippen LogP contribution in [0.3, 0.4) is 0 Å². The first-order valence-electron chi connectivity index (χ1n) is 17.0. The van der Waals surface area contributed by atoms with E-state index in [0.29, 0.717) is 23.0 Å². The molecule has 1 aromatic heterocycles. The molecule has 6 aromatic rings. The Morgan fingerprint density at radius 3 is 1.58 bits per heavy atom. The molecule has 1 aliphatic carbocycles. The van der Waals surface area contributed by atoms with Crippen molar-refractivity contribution in [2.45, 2.75) is 58.2 Å². The zero-order chi connectivity index (χ0) is 34.8. The first-order chi connectivity index (χ1) is 23.9. The van der Waals surface area contributed by atoms with E-state index >= 15 is 0 Å². The van der Waals surface area contributed by atoms with Crippen LogP contribution >= 0.6 is 0 Å². The molecule has 0 amide bonds. The average Bonchev–Trinajstić information content (AvgIpc) is 3.50. The summed E-state index contributed by atoms with van der Waals surface area (Å²) in [5.74, 6) is 1.77. The van der Waals surface area contributed by atoms with Gasteiger partial charge in [0.25, 0.3) is 0 Å². The molecule has 0 unspecified atom stereocenters. The number of fused-ring (bicyclic) bond motifs is 3. The number of nitrogens with zero attached hydrogens (tertiary/aromatic N) is 4. The molecule has 2 aliphatic rings. The Balaban J connectivity index is 1.31. The molecule has 1 saturated heterocycles. The van der Waals surface area contributed by atoms with Crippen LogP contribution in [-0.4, -0.2) is 33.3 Å². The smallest absolute Gasteiger partial charge is 0.399 e. The Morgan fingerprint density at radius 1 is 0.520 bits per heavy atom. The highest BCUT2D eigenvalue weighted by Gasteiger charge is 2.52. The summed E-state index contributed by atoms with van der Waals surface area (Å²) in [6, 6.07) is 41.4. The Kier molecular flexibility index (Phi) is 7.38. The molecule has 0 spiro atoms. The van der Waals surface area contributed by atoms with Crippen LogP contribution in [0.4, 0.5) is 0 Å². The van der Waals surface area contributed by atoms with Gasteiger partial charge < -0.3 is 9.31 Å². The highest BCUT2D eigenvalue weighted by atomic mass is 16.7. The van der Waals surface area contributed by atoms with E-state index in [2.05, 4.69) is 90.1 Å². The third-order valence-corrected chi connectivity index (χ3v) is 10.6. The molecule has 0 atom stereocenters. The van der Waals surface area contributed by atoms with Crippen LogP contribution < -0.4 is 5.46 Å². The molecule has 6 nitrogen and oxygen atoms in total. The van der Waals surface area contributed by atoms with Gasteiger partial charge in [-0.05, 0) is 90.8 Å². The topological polar surface area (TPSA) is 80.9 Å². The van der Waals surface area contributed by atoms with Crippen molar-refractivity contribution in [3.63, 3.8) is 0 Å². The SMILES string of the molecule is CC1(C)c2cc(C#N)ccc2-c2ccc(-c3cc(B4OC(C)(C)C(C)(C)O4)cc(-c4nc(-c5ccccc5)nc(-c5ccccc5)n4)c3)cc21. The van der Waals surface area contributed by atoms with Gasteiger partial charge in [0.1, 0.15) is 0 Å². The van der Waals surface area contributed by atoms with Crippen LogP contribution in [0.5, 0.6) is 0 Å². The van der Waals surface area contributed by atoms with Crippen molar-refractivity contribution >= 4 is 12.6 Å². The van der Waals surface area contributed by atoms with Crippen molar-refractivity contribution in [2.24, 2.45) is 0 Å². The molecule has 2 heterocycles. The highest BCUT2D eigenvalue weighted by Crippen LogP contribution is 2.50. The third-order valence-electron chi connectivity index (χ3n) is 10.6. The zero-order valence-corrected chi connectivity index (χ0v) is 29.2. The molecule has 8 rings (SSSR count). The monoisotopic (exact) mass is 652 g/mol. The molecule has 5 aromatic carbocycles. The van der Waals surface area contributed by atoms with Crippen molar-refractivity contribution in [3.8, 4) is 62.5 Å². The lowest BCUT2D eigenvalue weighted by Gasteiger charge is -2.32. The minimum atomic E-state index is -0.581. The largest absolute Gasteiger partial charge is 0.494 e. The van der Waals surface area contributed by atoms with Crippen molar-refractivity contribution in [1.29, 1.82) is 5.26 Å². The summed E-state index contributed by atoms with van der Waals surface area (Å²) >= 11 is 0. The van der Waals surface area contributed by atoms with Gasteiger partial charge in [0.2, 0.25) is 0 Å². The van der Waals surface area contributed by atoms with Crippen LogP contribution in [-0.2, 0) is 14.7 Å². The van der Waals surface area contributed by atoms with Crippen LogP contribution in [0.1, 0.15) is 58.2 Å². The number of hydrogen-bond acceptors (Lipinski definition) is 6. The Morgan fingerprint density at radius 2 is 1.02 bits per heavy atom. The average molecular weight is 653 g/mol. The van der Waals surface area contributed by atoms with Crippen LogP contribution in [0.15, 0.2) is 115 Å². The molecule has 0 bridgehead atoms. The molecule has 1 fully saturated rings. The predicted octanol–water partition coefficient (Wildman–Crippen LogP) is 9.02. The van der Waals surface area contributed by atoms with Gasteiger partial charge in [-0.3, -0.25) is 0 Å². The van der Waals surface area contributed by atoms with Crippen LogP contribution in [0.2, 0.25) is 0 Å². The van der Waals surface area contributed by atoms with E-state index in [4.69, 9.17) is 24.3 Å². The first kappa shape index (κ1) is 31.8. The summed E-state index contributed by atoms with van der Waals surface area (Å²) in [5.41, 5.74) is 9.76. The molecule has 0 saturated carbocycles. The second-order valence-electron chi connectivity index (χ2n) is 14.7. The normalized spacial score (nSPS) is 16.5. The molecule has 7 heteroatoms. The van der Waals surface area contributed by atoms with Gasteiger partial charge in [-0.15, -0.1) is 0 Å². The summed E-state index contributed by atoms with van der Waals surface area (Å²) in [6.07, 6.45) is 0. The lowest BCUT2D eigenvalue weighted by atomic mass is 9.76. The van der Waals surface area contributed by atoms with Crippen molar-refractivity contribution in [3.05, 3.63) is 132 Å². The van der Waals surface area contributed by atoms with Gasteiger partial charge >= 0.3 is 7.12 Å². The van der Waals surface area contributed by atoms with E-state index in [1.165, 1.54) is 22.3 Å².